The molecule has 0 saturated carbocycles. The lowest BCUT2D eigenvalue weighted by molar-refractivity contribution is -0.142. The van der Waals surface area contributed by atoms with Crippen molar-refractivity contribution < 1.29 is 27.4 Å². The van der Waals surface area contributed by atoms with Crippen LogP contribution >= 0.6 is 0 Å². The Morgan fingerprint density at radius 1 is 1.50 bits per heavy atom. The fourth-order valence-electron chi connectivity index (χ4n) is 1.39. The maximum absolute atomic E-state index is 13.4. The number of carbonyl (C=O) groups excluding carboxylic acids is 1. The summed E-state index contributed by atoms with van der Waals surface area (Å²) in [4.78, 5) is 14.5. The van der Waals surface area contributed by atoms with Crippen LogP contribution in [-0.2, 0) is 16.0 Å². The van der Waals surface area contributed by atoms with Gasteiger partial charge >= 0.3 is 5.97 Å². The Bertz CT molecular complexity index is 438. The number of rotatable bonds is 5. The Morgan fingerprint density at radius 2 is 2.17 bits per heavy atom. The lowest BCUT2D eigenvalue weighted by atomic mass is 10.2. The standard InChI is InChI=1S/C11H12F3NO3/c1-3-18-8(16)5-6-4-7(10(12)13)9(17-2)11(14)15-6/h4,10H,3,5H2,1-2H3. The largest absolute Gasteiger partial charge is 0.492 e. The molecule has 100 valence electrons. The van der Waals surface area contributed by atoms with E-state index in [1.807, 2.05) is 0 Å². The smallest absolute Gasteiger partial charge is 0.311 e. The fourth-order valence-corrected chi connectivity index (χ4v) is 1.39. The molecule has 0 fully saturated rings. The number of hydrogen-bond donors (Lipinski definition) is 0. The van der Waals surface area contributed by atoms with Gasteiger partial charge in [-0.25, -0.2) is 13.8 Å². The van der Waals surface area contributed by atoms with Gasteiger partial charge in [-0.1, -0.05) is 0 Å². The van der Waals surface area contributed by atoms with Crippen LogP contribution in [0.4, 0.5) is 13.2 Å². The Balaban J connectivity index is 3.05. The number of esters is 1. The van der Waals surface area contributed by atoms with Crippen LogP contribution in [-0.4, -0.2) is 24.7 Å². The molecule has 0 N–H and O–H groups in total. The number of aromatic nitrogens is 1. The number of nitrogens with zero attached hydrogens (tertiary/aromatic N) is 1. The first-order chi connectivity index (χ1) is 8.49. The quantitative estimate of drug-likeness (QED) is 0.604. The zero-order valence-electron chi connectivity index (χ0n) is 9.87. The molecule has 1 rings (SSSR count). The van der Waals surface area contributed by atoms with Crippen molar-refractivity contribution in [2.45, 2.75) is 19.8 Å². The third kappa shape index (κ3) is 3.35. The van der Waals surface area contributed by atoms with Crippen molar-refractivity contribution in [1.29, 1.82) is 0 Å². The molecule has 0 atom stereocenters. The first-order valence-corrected chi connectivity index (χ1v) is 5.16. The molecule has 0 aliphatic heterocycles. The second-order valence-corrected chi connectivity index (χ2v) is 3.31. The van der Waals surface area contributed by atoms with Gasteiger partial charge in [-0.2, -0.15) is 4.39 Å². The SMILES string of the molecule is CCOC(=O)Cc1cc(C(F)F)c(OC)c(F)n1. The van der Waals surface area contributed by atoms with E-state index in [-0.39, 0.29) is 18.7 Å². The second-order valence-electron chi connectivity index (χ2n) is 3.31. The van der Waals surface area contributed by atoms with E-state index in [1.165, 1.54) is 0 Å². The lowest BCUT2D eigenvalue weighted by Crippen LogP contribution is -2.11. The number of methoxy groups -OCH3 is 1. The zero-order chi connectivity index (χ0) is 13.7. The van der Waals surface area contributed by atoms with Gasteiger partial charge < -0.3 is 9.47 Å². The van der Waals surface area contributed by atoms with Gasteiger partial charge in [0, 0.05) is 0 Å². The van der Waals surface area contributed by atoms with Crippen LogP contribution < -0.4 is 4.74 Å². The van der Waals surface area contributed by atoms with Gasteiger partial charge in [-0.15, -0.1) is 0 Å². The summed E-state index contributed by atoms with van der Waals surface area (Å²) in [6.45, 7) is 1.75. The molecule has 4 nitrogen and oxygen atoms in total. The number of carbonyl (C=O) groups is 1. The van der Waals surface area contributed by atoms with Crippen molar-refractivity contribution in [3.05, 3.63) is 23.3 Å². The second kappa shape index (κ2) is 6.23. The minimum atomic E-state index is -2.92. The van der Waals surface area contributed by atoms with Gasteiger partial charge in [0.15, 0.2) is 5.75 Å². The molecule has 0 unspecified atom stereocenters. The molecular weight excluding hydrogens is 251 g/mol. The highest BCUT2D eigenvalue weighted by Crippen LogP contribution is 2.31. The van der Waals surface area contributed by atoms with Crippen LogP contribution in [0.5, 0.6) is 5.75 Å². The van der Waals surface area contributed by atoms with Crippen LogP contribution in [0.2, 0.25) is 0 Å². The lowest BCUT2D eigenvalue weighted by Gasteiger charge is -2.10. The summed E-state index contributed by atoms with van der Waals surface area (Å²) < 4.78 is 47.9. The average Bonchev–Trinajstić information content (AvgIpc) is 2.28. The molecule has 0 aliphatic carbocycles. The van der Waals surface area contributed by atoms with Crippen molar-refractivity contribution in [3.63, 3.8) is 0 Å². The molecule has 18 heavy (non-hydrogen) atoms. The molecule has 0 radical (unpaired) electrons. The van der Waals surface area contributed by atoms with Crippen LogP contribution in [0, 0.1) is 5.95 Å². The molecule has 7 heteroatoms. The maximum atomic E-state index is 13.4. The van der Waals surface area contributed by atoms with Gasteiger partial charge in [0.2, 0.25) is 0 Å². The van der Waals surface area contributed by atoms with Crippen LogP contribution in [0.3, 0.4) is 0 Å². The van der Waals surface area contributed by atoms with Crippen LogP contribution in [0.15, 0.2) is 6.07 Å². The minimum Gasteiger partial charge on any atom is -0.492 e. The van der Waals surface area contributed by atoms with E-state index in [9.17, 15) is 18.0 Å². The van der Waals surface area contributed by atoms with E-state index in [0.717, 1.165) is 13.2 Å². The Kier molecular flexibility index (Phi) is 4.94. The summed E-state index contributed by atoms with van der Waals surface area (Å²) in [6, 6.07) is 0.934. The maximum Gasteiger partial charge on any atom is 0.311 e. The van der Waals surface area contributed by atoms with Gasteiger partial charge in [0.1, 0.15) is 0 Å². The topological polar surface area (TPSA) is 48.4 Å². The molecule has 0 aromatic carbocycles. The number of pyridine rings is 1. The van der Waals surface area contributed by atoms with Crippen molar-refractivity contribution in [2.75, 3.05) is 13.7 Å². The summed E-state index contributed by atoms with van der Waals surface area (Å²) in [6.07, 6.45) is -3.28. The van der Waals surface area contributed by atoms with Crippen molar-refractivity contribution in [1.82, 2.24) is 4.98 Å². The molecular formula is C11H12F3NO3. The fraction of sp³-hybridized carbons (Fsp3) is 0.455. The zero-order valence-corrected chi connectivity index (χ0v) is 9.87. The highest BCUT2D eigenvalue weighted by atomic mass is 19.3. The number of hydrogen-bond acceptors (Lipinski definition) is 4. The van der Waals surface area contributed by atoms with Gasteiger partial charge in [-0.3, -0.25) is 4.79 Å². The van der Waals surface area contributed by atoms with Crippen LogP contribution in [0.1, 0.15) is 24.6 Å². The predicted octanol–water partition coefficient (Wildman–Crippen LogP) is 2.27. The summed E-state index contributed by atoms with van der Waals surface area (Å²) in [5.74, 6) is -2.44. The molecule has 1 aromatic rings. The molecule has 0 bridgehead atoms. The molecule has 0 amide bonds. The summed E-state index contributed by atoms with van der Waals surface area (Å²) in [5, 5.41) is 0. The first kappa shape index (κ1) is 14.3. The Labute approximate surface area is 102 Å². The molecule has 0 saturated heterocycles. The Morgan fingerprint density at radius 3 is 2.67 bits per heavy atom. The third-order valence-electron chi connectivity index (χ3n) is 2.08. The normalized spacial score (nSPS) is 10.6. The Hall–Kier alpha value is -1.79. The van der Waals surface area contributed by atoms with Crippen molar-refractivity contribution in [3.8, 4) is 5.75 Å². The van der Waals surface area contributed by atoms with E-state index in [1.54, 1.807) is 6.92 Å². The molecule has 0 spiro atoms. The van der Waals surface area contributed by atoms with E-state index >= 15 is 0 Å². The molecule has 1 heterocycles. The van der Waals surface area contributed by atoms with Crippen molar-refractivity contribution >= 4 is 5.97 Å². The number of ether oxygens (including phenoxy) is 2. The first-order valence-electron chi connectivity index (χ1n) is 5.16. The van der Waals surface area contributed by atoms with E-state index in [4.69, 9.17) is 0 Å². The van der Waals surface area contributed by atoms with Gasteiger partial charge in [0.25, 0.3) is 12.4 Å². The predicted molar refractivity (Wildman–Crippen MR) is 56.0 cm³/mol. The van der Waals surface area contributed by atoms with Crippen molar-refractivity contribution in [2.24, 2.45) is 0 Å². The highest BCUT2D eigenvalue weighted by Gasteiger charge is 2.21. The van der Waals surface area contributed by atoms with E-state index in [0.29, 0.717) is 0 Å². The summed E-state index contributed by atoms with van der Waals surface area (Å²) >= 11 is 0. The number of halogens is 3. The van der Waals surface area contributed by atoms with Crippen LogP contribution in [0.25, 0.3) is 0 Å². The molecule has 1 aromatic heterocycles. The highest BCUT2D eigenvalue weighted by molar-refractivity contribution is 5.72. The molecule has 0 aliphatic rings. The van der Waals surface area contributed by atoms with Gasteiger partial charge in [0.05, 0.1) is 31.4 Å². The van der Waals surface area contributed by atoms with E-state index < -0.39 is 29.7 Å². The van der Waals surface area contributed by atoms with Gasteiger partial charge in [-0.05, 0) is 13.0 Å². The minimum absolute atomic E-state index is 0.123. The third-order valence-corrected chi connectivity index (χ3v) is 2.08. The number of alkyl halides is 2. The average molecular weight is 263 g/mol. The van der Waals surface area contributed by atoms with E-state index in [2.05, 4.69) is 14.5 Å². The monoisotopic (exact) mass is 263 g/mol. The summed E-state index contributed by atoms with van der Waals surface area (Å²) in [7, 11) is 1.07. The summed E-state index contributed by atoms with van der Waals surface area (Å²) in [5.41, 5.74) is -0.758.